The van der Waals surface area contributed by atoms with E-state index in [4.69, 9.17) is 5.73 Å². The van der Waals surface area contributed by atoms with Gasteiger partial charge in [-0.15, -0.1) is 0 Å². The Morgan fingerprint density at radius 3 is 2.55 bits per heavy atom. The third kappa shape index (κ3) is 1.60. The highest BCUT2D eigenvalue weighted by atomic mass is 79.9. The van der Waals surface area contributed by atoms with Crippen molar-refractivity contribution in [3.8, 4) is 0 Å². The van der Waals surface area contributed by atoms with E-state index in [0.29, 0.717) is 11.3 Å². The van der Waals surface area contributed by atoms with Crippen LogP contribution in [-0.2, 0) is 0 Å². The Hall–Kier alpha value is -0.830. The van der Waals surface area contributed by atoms with Crippen molar-refractivity contribution in [2.24, 2.45) is 0 Å². The largest absolute Gasteiger partial charge is 0.398 e. The second kappa shape index (κ2) is 3.05. The molecule has 0 bridgehead atoms. The van der Waals surface area contributed by atoms with Crippen molar-refractivity contribution in [3.05, 3.63) is 28.2 Å². The third-order valence-corrected chi connectivity index (χ3v) is 2.06. The van der Waals surface area contributed by atoms with Gasteiger partial charge in [0.05, 0.1) is 5.56 Å². The van der Waals surface area contributed by atoms with Crippen LogP contribution < -0.4 is 5.73 Å². The first kappa shape index (κ1) is 8.27. The summed E-state index contributed by atoms with van der Waals surface area (Å²) in [7, 11) is 0. The van der Waals surface area contributed by atoms with E-state index in [9.17, 15) is 4.79 Å². The lowest BCUT2D eigenvalue weighted by molar-refractivity contribution is 0.101. The van der Waals surface area contributed by atoms with Crippen molar-refractivity contribution >= 4 is 27.4 Å². The molecule has 0 aliphatic carbocycles. The molecule has 0 unspecified atom stereocenters. The summed E-state index contributed by atoms with van der Waals surface area (Å²) in [5.41, 5.74) is 6.65. The van der Waals surface area contributed by atoms with Crippen molar-refractivity contribution in [2.75, 3.05) is 5.73 Å². The summed E-state index contributed by atoms with van der Waals surface area (Å²) >= 11 is 3.25. The number of carbonyl (C=O) groups is 1. The second-order valence-corrected chi connectivity index (χ2v) is 3.11. The van der Waals surface area contributed by atoms with E-state index in [0.717, 1.165) is 4.47 Å². The summed E-state index contributed by atoms with van der Waals surface area (Å²) in [5.74, 6) is -0.0185. The predicted molar refractivity (Wildman–Crippen MR) is 48.6 cm³/mol. The Balaban J connectivity index is 3.32. The molecule has 11 heavy (non-hydrogen) atoms. The minimum atomic E-state index is -0.0185. The van der Waals surface area contributed by atoms with Crippen LogP contribution in [0, 0.1) is 0 Å². The molecule has 0 amide bonds. The highest BCUT2D eigenvalue weighted by Gasteiger charge is 2.07. The topological polar surface area (TPSA) is 43.1 Å². The van der Waals surface area contributed by atoms with Gasteiger partial charge in [0.25, 0.3) is 0 Å². The molecular formula is C8H8BrNO. The Morgan fingerprint density at radius 1 is 1.55 bits per heavy atom. The first-order valence-corrected chi connectivity index (χ1v) is 3.97. The number of benzene rings is 1. The first-order chi connectivity index (χ1) is 5.13. The molecule has 0 heterocycles. The molecular weight excluding hydrogens is 206 g/mol. The minimum absolute atomic E-state index is 0.0185. The Morgan fingerprint density at radius 2 is 2.18 bits per heavy atom. The fraction of sp³-hybridized carbons (Fsp3) is 0.125. The quantitative estimate of drug-likeness (QED) is 0.575. The lowest BCUT2D eigenvalue weighted by Crippen LogP contribution is -1.99. The van der Waals surface area contributed by atoms with Gasteiger partial charge in [-0.05, 0) is 35.0 Å². The predicted octanol–water partition coefficient (Wildman–Crippen LogP) is 2.23. The normalized spacial score (nSPS) is 9.64. The zero-order valence-corrected chi connectivity index (χ0v) is 7.68. The Bertz CT molecular complexity index is 276. The van der Waals surface area contributed by atoms with Crippen molar-refractivity contribution in [1.82, 2.24) is 0 Å². The van der Waals surface area contributed by atoms with Gasteiger partial charge in [0.1, 0.15) is 0 Å². The van der Waals surface area contributed by atoms with E-state index in [1.54, 1.807) is 18.2 Å². The summed E-state index contributed by atoms with van der Waals surface area (Å²) in [4.78, 5) is 11.0. The number of hydrogen-bond donors (Lipinski definition) is 1. The van der Waals surface area contributed by atoms with Crippen molar-refractivity contribution in [3.63, 3.8) is 0 Å². The highest BCUT2D eigenvalue weighted by molar-refractivity contribution is 9.10. The molecule has 0 saturated heterocycles. The number of halogens is 1. The first-order valence-electron chi connectivity index (χ1n) is 3.18. The fourth-order valence-corrected chi connectivity index (χ4v) is 1.57. The molecule has 1 aromatic rings. The molecule has 1 rings (SSSR count). The molecule has 1 aromatic carbocycles. The maximum atomic E-state index is 11.0. The summed E-state index contributed by atoms with van der Waals surface area (Å²) in [6.07, 6.45) is 0. The molecule has 0 spiro atoms. The number of rotatable bonds is 1. The van der Waals surface area contributed by atoms with Gasteiger partial charge in [-0.3, -0.25) is 4.79 Å². The lowest BCUT2D eigenvalue weighted by atomic mass is 10.1. The molecule has 0 radical (unpaired) electrons. The molecule has 0 atom stereocenters. The Kier molecular flexibility index (Phi) is 2.29. The number of hydrogen-bond acceptors (Lipinski definition) is 2. The number of nitrogens with two attached hydrogens (primary N) is 1. The van der Waals surface area contributed by atoms with Gasteiger partial charge in [-0.1, -0.05) is 6.07 Å². The standard InChI is InChI=1S/C8H8BrNO/c1-5(11)8-6(9)3-2-4-7(8)10/h2-4H,10H2,1H3. The number of Topliss-reactive ketones (excluding diaryl/α,β-unsaturated/α-hetero) is 1. The van der Waals surface area contributed by atoms with Gasteiger partial charge in [-0.25, -0.2) is 0 Å². The van der Waals surface area contributed by atoms with Crippen LogP contribution in [0.2, 0.25) is 0 Å². The average molecular weight is 214 g/mol. The van der Waals surface area contributed by atoms with E-state index < -0.39 is 0 Å². The van der Waals surface area contributed by atoms with E-state index in [1.165, 1.54) is 6.92 Å². The van der Waals surface area contributed by atoms with Crippen molar-refractivity contribution < 1.29 is 4.79 Å². The van der Waals surface area contributed by atoms with Crippen LogP contribution in [0.4, 0.5) is 5.69 Å². The number of ketones is 1. The molecule has 3 heteroatoms. The fourth-order valence-electron chi connectivity index (χ4n) is 0.912. The van der Waals surface area contributed by atoms with Gasteiger partial charge in [0.15, 0.2) is 5.78 Å². The van der Waals surface area contributed by atoms with Crippen LogP contribution in [0.3, 0.4) is 0 Å². The molecule has 0 aliphatic rings. The van der Waals surface area contributed by atoms with E-state index >= 15 is 0 Å². The van der Waals surface area contributed by atoms with Crippen LogP contribution in [0.1, 0.15) is 17.3 Å². The summed E-state index contributed by atoms with van der Waals surface area (Å²) < 4.78 is 0.755. The molecule has 2 N–H and O–H groups in total. The van der Waals surface area contributed by atoms with Crippen LogP contribution in [0.25, 0.3) is 0 Å². The number of carbonyl (C=O) groups excluding carboxylic acids is 1. The maximum absolute atomic E-state index is 11.0. The minimum Gasteiger partial charge on any atom is -0.398 e. The molecule has 0 saturated carbocycles. The van der Waals surface area contributed by atoms with Crippen molar-refractivity contribution in [1.29, 1.82) is 0 Å². The van der Waals surface area contributed by atoms with Gasteiger partial charge in [-0.2, -0.15) is 0 Å². The number of anilines is 1. The molecule has 58 valence electrons. The average Bonchev–Trinajstić information content (AvgIpc) is 1.85. The van der Waals surface area contributed by atoms with Gasteiger partial charge in [0.2, 0.25) is 0 Å². The second-order valence-electron chi connectivity index (χ2n) is 2.26. The smallest absolute Gasteiger partial charge is 0.163 e. The monoisotopic (exact) mass is 213 g/mol. The van der Waals surface area contributed by atoms with Gasteiger partial charge < -0.3 is 5.73 Å². The van der Waals surface area contributed by atoms with Gasteiger partial charge >= 0.3 is 0 Å². The van der Waals surface area contributed by atoms with E-state index in [2.05, 4.69) is 15.9 Å². The van der Waals surface area contributed by atoms with E-state index in [-0.39, 0.29) is 5.78 Å². The van der Waals surface area contributed by atoms with Crippen molar-refractivity contribution in [2.45, 2.75) is 6.92 Å². The zero-order chi connectivity index (χ0) is 8.43. The molecule has 2 nitrogen and oxygen atoms in total. The van der Waals surface area contributed by atoms with Crippen LogP contribution in [0.15, 0.2) is 22.7 Å². The van der Waals surface area contributed by atoms with Gasteiger partial charge in [0, 0.05) is 10.2 Å². The van der Waals surface area contributed by atoms with Crippen LogP contribution >= 0.6 is 15.9 Å². The lowest BCUT2D eigenvalue weighted by Gasteiger charge is -2.02. The Labute approximate surface area is 73.5 Å². The SMILES string of the molecule is CC(=O)c1c(N)cccc1Br. The van der Waals surface area contributed by atoms with E-state index in [1.807, 2.05) is 0 Å². The highest BCUT2D eigenvalue weighted by Crippen LogP contribution is 2.22. The zero-order valence-electron chi connectivity index (χ0n) is 6.10. The molecule has 0 aromatic heterocycles. The molecule has 0 aliphatic heterocycles. The third-order valence-electron chi connectivity index (χ3n) is 1.40. The number of nitrogen functional groups attached to an aromatic ring is 1. The summed E-state index contributed by atoms with van der Waals surface area (Å²) in [6.45, 7) is 1.50. The summed E-state index contributed by atoms with van der Waals surface area (Å²) in [6, 6.07) is 5.31. The van der Waals surface area contributed by atoms with Crippen LogP contribution in [-0.4, -0.2) is 5.78 Å². The van der Waals surface area contributed by atoms with Crippen LogP contribution in [0.5, 0.6) is 0 Å². The summed E-state index contributed by atoms with van der Waals surface area (Å²) in [5, 5.41) is 0. The molecule has 0 fully saturated rings. The maximum Gasteiger partial charge on any atom is 0.163 e.